The average Bonchev–Trinajstić information content (AvgIpc) is 2.61. The smallest absolute Gasteiger partial charge is 0.271 e. The summed E-state index contributed by atoms with van der Waals surface area (Å²) in [6.07, 6.45) is 4.07. The summed E-state index contributed by atoms with van der Waals surface area (Å²) in [4.78, 5) is 23.0. The molecule has 0 saturated carbocycles. The summed E-state index contributed by atoms with van der Waals surface area (Å²) in [5.74, 6) is -1.06. The number of amides is 2. The molecular weight excluding hydrogens is 330 g/mol. The van der Waals surface area contributed by atoms with Crippen molar-refractivity contribution in [3.05, 3.63) is 76.3 Å². The number of carbonyl (C=O) groups excluding carboxylic acids is 2. The number of hydrogen-bond donors (Lipinski definition) is 3. The maximum atomic E-state index is 12.1. The highest BCUT2D eigenvalue weighted by Gasteiger charge is 2.04. The van der Waals surface area contributed by atoms with Gasteiger partial charge in [0.1, 0.15) is 0 Å². The van der Waals surface area contributed by atoms with Crippen molar-refractivity contribution in [3.8, 4) is 0 Å². The second kappa shape index (κ2) is 8.61. The van der Waals surface area contributed by atoms with Crippen LogP contribution in [0.4, 0.5) is 0 Å². The summed E-state index contributed by atoms with van der Waals surface area (Å²) in [5, 5.41) is 12.8. The second-order valence-electron chi connectivity index (χ2n) is 4.66. The van der Waals surface area contributed by atoms with Crippen molar-refractivity contribution in [2.75, 3.05) is 0 Å². The van der Waals surface area contributed by atoms with Gasteiger partial charge in [-0.3, -0.25) is 14.8 Å². The van der Waals surface area contributed by atoms with Crippen LogP contribution in [-0.2, 0) is 4.79 Å². The van der Waals surface area contributed by atoms with Gasteiger partial charge in [-0.1, -0.05) is 41.9 Å². The van der Waals surface area contributed by atoms with Gasteiger partial charge < -0.3 is 0 Å². The molecule has 2 aromatic rings. The number of hydrazone groups is 1. The Kier molecular flexibility index (Phi) is 6.24. The first kappa shape index (κ1) is 17.4. The molecule has 2 rings (SSSR count). The third-order valence-corrected chi connectivity index (χ3v) is 3.31. The summed E-state index contributed by atoms with van der Waals surface area (Å²) in [6, 6.07) is 13.7. The van der Waals surface area contributed by atoms with Gasteiger partial charge in [-0.15, -0.1) is 0 Å². The minimum atomic E-state index is -0.658. The standard InChI is InChI=1S/C17H14ClN3O3/c18-15-7-2-1-5-14(15)11-19-20-17(23)13-6-3-4-12(10-13)8-9-16(22)21-24/h1-11,24H,(H,20,23)(H,21,22)/b9-8+,19-11+. The first-order valence-electron chi connectivity index (χ1n) is 6.90. The van der Waals surface area contributed by atoms with Crippen molar-refractivity contribution in [1.29, 1.82) is 0 Å². The zero-order valence-electron chi connectivity index (χ0n) is 12.4. The van der Waals surface area contributed by atoms with Crippen molar-refractivity contribution >= 4 is 35.7 Å². The molecule has 0 saturated heterocycles. The van der Waals surface area contributed by atoms with Crippen LogP contribution in [0.3, 0.4) is 0 Å². The Morgan fingerprint density at radius 2 is 1.92 bits per heavy atom. The van der Waals surface area contributed by atoms with E-state index in [1.165, 1.54) is 17.8 Å². The van der Waals surface area contributed by atoms with Crippen molar-refractivity contribution in [2.45, 2.75) is 0 Å². The molecule has 0 aliphatic heterocycles. The number of rotatable bonds is 5. The third kappa shape index (κ3) is 5.05. The molecule has 6 nitrogen and oxygen atoms in total. The van der Waals surface area contributed by atoms with Crippen LogP contribution in [0.15, 0.2) is 59.7 Å². The summed E-state index contributed by atoms with van der Waals surface area (Å²) < 4.78 is 0. The number of halogens is 1. The molecule has 0 atom stereocenters. The third-order valence-electron chi connectivity index (χ3n) is 2.96. The summed E-state index contributed by atoms with van der Waals surface area (Å²) in [5.41, 5.74) is 5.58. The lowest BCUT2D eigenvalue weighted by molar-refractivity contribution is -0.124. The first-order chi connectivity index (χ1) is 11.6. The van der Waals surface area contributed by atoms with Crippen molar-refractivity contribution in [3.63, 3.8) is 0 Å². The van der Waals surface area contributed by atoms with Crippen molar-refractivity contribution < 1.29 is 14.8 Å². The molecule has 2 amide bonds. The highest BCUT2D eigenvalue weighted by Crippen LogP contribution is 2.12. The highest BCUT2D eigenvalue weighted by molar-refractivity contribution is 6.33. The topological polar surface area (TPSA) is 90.8 Å². The maximum absolute atomic E-state index is 12.1. The van der Waals surface area contributed by atoms with Crippen molar-refractivity contribution in [2.24, 2.45) is 5.10 Å². The van der Waals surface area contributed by atoms with E-state index in [1.54, 1.807) is 42.5 Å². The van der Waals surface area contributed by atoms with E-state index in [4.69, 9.17) is 16.8 Å². The summed E-state index contributed by atoms with van der Waals surface area (Å²) >= 11 is 5.99. The Balaban J connectivity index is 2.03. The van der Waals surface area contributed by atoms with Gasteiger partial charge in [0.2, 0.25) is 0 Å². The van der Waals surface area contributed by atoms with Crippen LogP contribution in [0.25, 0.3) is 6.08 Å². The van der Waals surface area contributed by atoms with E-state index in [1.807, 2.05) is 6.07 Å². The van der Waals surface area contributed by atoms with Gasteiger partial charge in [0.15, 0.2) is 0 Å². The number of benzene rings is 2. The molecule has 0 radical (unpaired) electrons. The molecule has 0 aliphatic rings. The predicted molar refractivity (Wildman–Crippen MR) is 91.9 cm³/mol. The number of nitrogens with one attached hydrogen (secondary N) is 2. The van der Waals surface area contributed by atoms with E-state index in [9.17, 15) is 9.59 Å². The minimum Gasteiger partial charge on any atom is -0.288 e. The van der Waals surface area contributed by atoms with E-state index < -0.39 is 11.8 Å². The average molecular weight is 344 g/mol. The number of nitrogens with zero attached hydrogens (tertiary/aromatic N) is 1. The highest BCUT2D eigenvalue weighted by atomic mass is 35.5. The number of hydrogen-bond acceptors (Lipinski definition) is 4. The fraction of sp³-hybridized carbons (Fsp3) is 0. The molecular formula is C17H14ClN3O3. The van der Waals surface area contributed by atoms with Gasteiger partial charge >= 0.3 is 0 Å². The lowest BCUT2D eigenvalue weighted by Crippen LogP contribution is -2.17. The van der Waals surface area contributed by atoms with Crippen LogP contribution < -0.4 is 10.9 Å². The lowest BCUT2D eigenvalue weighted by atomic mass is 10.1. The van der Waals surface area contributed by atoms with Gasteiger partial charge in [0.25, 0.3) is 11.8 Å². The Hall–Kier alpha value is -2.96. The molecule has 0 heterocycles. The molecule has 0 bridgehead atoms. The van der Waals surface area contributed by atoms with E-state index in [-0.39, 0.29) is 0 Å². The molecule has 0 aromatic heterocycles. The Bertz CT molecular complexity index is 803. The van der Waals surface area contributed by atoms with Gasteiger partial charge in [0, 0.05) is 22.2 Å². The number of carbonyl (C=O) groups is 2. The zero-order valence-corrected chi connectivity index (χ0v) is 13.2. The molecule has 2 aromatic carbocycles. The number of hydroxylamine groups is 1. The van der Waals surface area contributed by atoms with Crippen LogP contribution in [0.5, 0.6) is 0 Å². The lowest BCUT2D eigenvalue weighted by Gasteiger charge is -2.02. The van der Waals surface area contributed by atoms with Crippen molar-refractivity contribution in [1.82, 2.24) is 10.9 Å². The zero-order chi connectivity index (χ0) is 17.4. The summed E-state index contributed by atoms with van der Waals surface area (Å²) in [7, 11) is 0. The monoisotopic (exact) mass is 343 g/mol. The van der Waals surface area contributed by atoms with Crippen LogP contribution in [0.1, 0.15) is 21.5 Å². The van der Waals surface area contributed by atoms with E-state index in [0.717, 1.165) is 6.08 Å². The van der Waals surface area contributed by atoms with E-state index in [2.05, 4.69) is 10.5 Å². The second-order valence-corrected chi connectivity index (χ2v) is 5.06. The van der Waals surface area contributed by atoms with Gasteiger partial charge in [-0.25, -0.2) is 10.9 Å². The minimum absolute atomic E-state index is 0.373. The largest absolute Gasteiger partial charge is 0.288 e. The fourth-order valence-electron chi connectivity index (χ4n) is 1.80. The molecule has 7 heteroatoms. The molecule has 24 heavy (non-hydrogen) atoms. The van der Waals surface area contributed by atoms with Gasteiger partial charge in [-0.05, 0) is 29.8 Å². The molecule has 0 unspecified atom stereocenters. The van der Waals surface area contributed by atoms with Crippen LogP contribution in [0, 0.1) is 0 Å². The van der Waals surface area contributed by atoms with Gasteiger partial charge in [-0.2, -0.15) is 5.10 Å². The Labute approximate surface area is 143 Å². The molecule has 0 aliphatic carbocycles. The fourth-order valence-corrected chi connectivity index (χ4v) is 1.98. The van der Waals surface area contributed by atoms with E-state index >= 15 is 0 Å². The molecule has 0 fully saturated rings. The van der Waals surface area contributed by atoms with Gasteiger partial charge in [0.05, 0.1) is 6.21 Å². The van der Waals surface area contributed by atoms with Crippen LogP contribution in [-0.4, -0.2) is 23.2 Å². The molecule has 0 spiro atoms. The SMILES string of the molecule is O=C(/C=C/c1cccc(C(=O)N/N=C/c2ccccc2Cl)c1)NO. The summed E-state index contributed by atoms with van der Waals surface area (Å²) in [6.45, 7) is 0. The van der Waals surface area contributed by atoms with Crippen LogP contribution in [0.2, 0.25) is 5.02 Å². The maximum Gasteiger partial charge on any atom is 0.271 e. The van der Waals surface area contributed by atoms with Crippen LogP contribution >= 0.6 is 11.6 Å². The normalized spacial score (nSPS) is 10.9. The van der Waals surface area contributed by atoms with E-state index in [0.29, 0.717) is 21.7 Å². The first-order valence-corrected chi connectivity index (χ1v) is 7.28. The molecule has 122 valence electrons. The molecule has 3 N–H and O–H groups in total. The predicted octanol–water partition coefficient (Wildman–Crippen LogP) is 2.62. The Morgan fingerprint density at radius 3 is 2.67 bits per heavy atom. The quantitative estimate of drug-likeness (QED) is 0.337. The Morgan fingerprint density at radius 1 is 1.12 bits per heavy atom.